The van der Waals surface area contributed by atoms with Gasteiger partial charge in [0, 0.05) is 11.8 Å². The lowest BCUT2D eigenvalue weighted by Gasteiger charge is -2.32. The van der Waals surface area contributed by atoms with E-state index in [0.29, 0.717) is 18.5 Å². The number of hydrogen-bond acceptors (Lipinski definition) is 9. The lowest BCUT2D eigenvalue weighted by atomic mass is 9.73. The molecule has 6 rings (SSSR count). The average Bonchev–Trinajstić information content (AvgIpc) is 3.21. The lowest BCUT2D eigenvalue weighted by molar-refractivity contribution is -0.137. The molecule has 0 amide bonds. The first-order valence-corrected chi connectivity index (χ1v) is 24.7. The number of sulfonamides is 4. The molecule has 0 spiro atoms. The fourth-order valence-corrected chi connectivity index (χ4v) is 14.1. The second-order valence-electron chi connectivity index (χ2n) is 15.0. The summed E-state index contributed by atoms with van der Waals surface area (Å²) in [4.78, 5) is 11.0. The summed E-state index contributed by atoms with van der Waals surface area (Å²) in [5.74, 6) is -1.11. The number of carboxylic acid groups (broad SMARTS) is 1. The van der Waals surface area contributed by atoms with E-state index in [1.165, 1.54) is 97.1 Å². The van der Waals surface area contributed by atoms with Crippen molar-refractivity contribution in [3.05, 3.63) is 179 Å². The highest BCUT2D eigenvalue weighted by Gasteiger charge is 2.40. The van der Waals surface area contributed by atoms with Crippen LogP contribution >= 0.6 is 0 Å². The number of nitrogens with zero attached hydrogens (tertiary/aromatic N) is 2. The maximum absolute atomic E-state index is 14.2. The van der Waals surface area contributed by atoms with Gasteiger partial charge in [0.25, 0.3) is 40.1 Å². The normalized spacial score (nSPS) is 12.5. The van der Waals surface area contributed by atoms with E-state index in [4.69, 9.17) is 0 Å². The highest BCUT2D eigenvalue weighted by atomic mass is 32.3. The van der Waals surface area contributed by atoms with Crippen molar-refractivity contribution in [2.45, 2.75) is 72.5 Å². The molecule has 0 radical (unpaired) electrons. The Kier molecular flexibility index (Phi) is 12.4. The quantitative estimate of drug-likeness (QED) is 0.105. The summed E-state index contributed by atoms with van der Waals surface area (Å²) in [6.45, 7) is 8.79. The summed E-state index contributed by atoms with van der Waals surface area (Å²) in [5.41, 5.74) is 2.39. The number of carboxylic acids is 1. The fraction of sp³-hybridized carbons (Fsp3) is 0.178. The third-order valence-corrected chi connectivity index (χ3v) is 18.8. The molecule has 0 aliphatic rings. The van der Waals surface area contributed by atoms with Crippen LogP contribution in [0.15, 0.2) is 165 Å². The number of aliphatic carboxylic acids is 1. The molecular formula is C45H44N2O10S4. The molecule has 0 heterocycles. The monoisotopic (exact) mass is 900 g/mol. The molecule has 6 aromatic rings. The first-order chi connectivity index (χ1) is 28.6. The van der Waals surface area contributed by atoms with Crippen LogP contribution in [0.25, 0.3) is 0 Å². The summed E-state index contributed by atoms with van der Waals surface area (Å²) < 4.78 is 115. The van der Waals surface area contributed by atoms with Crippen molar-refractivity contribution >= 4 is 57.4 Å². The van der Waals surface area contributed by atoms with Crippen LogP contribution in [0.2, 0.25) is 0 Å². The van der Waals surface area contributed by atoms with Gasteiger partial charge in [-0.15, -0.1) is 0 Å². The molecule has 0 unspecified atom stereocenters. The van der Waals surface area contributed by atoms with Crippen LogP contribution in [-0.2, 0) is 50.3 Å². The SMILES string of the molecule is Cc1ccc(S(=O)(=O)N(c2ccc(C(C)(CCC(=O)O)c3ccc(N(S(=O)(=O)c4ccc(C)cc4)S(=O)(=O)c4ccc(C)cc4)cc3)cc2)S(=O)(=O)c2ccc(C)cc2)cc1. The minimum Gasteiger partial charge on any atom is -0.481 e. The number of hydrogen-bond donors (Lipinski definition) is 1. The van der Waals surface area contributed by atoms with Crippen LogP contribution in [0.4, 0.5) is 11.4 Å². The average molecular weight is 901 g/mol. The van der Waals surface area contributed by atoms with E-state index in [1.54, 1.807) is 83.1 Å². The van der Waals surface area contributed by atoms with Gasteiger partial charge in [-0.3, -0.25) is 4.79 Å². The highest BCUT2D eigenvalue weighted by molar-refractivity contribution is 8.10. The van der Waals surface area contributed by atoms with Crippen LogP contribution < -0.4 is 7.42 Å². The van der Waals surface area contributed by atoms with E-state index in [2.05, 4.69) is 0 Å². The van der Waals surface area contributed by atoms with Crippen LogP contribution in [-0.4, -0.2) is 44.7 Å². The van der Waals surface area contributed by atoms with Gasteiger partial charge >= 0.3 is 5.97 Å². The largest absolute Gasteiger partial charge is 0.481 e. The van der Waals surface area contributed by atoms with Crippen molar-refractivity contribution < 1.29 is 43.6 Å². The molecule has 318 valence electrons. The molecular weight excluding hydrogens is 857 g/mol. The van der Waals surface area contributed by atoms with E-state index >= 15 is 0 Å². The van der Waals surface area contributed by atoms with E-state index in [0.717, 1.165) is 22.3 Å². The predicted molar refractivity (Wildman–Crippen MR) is 235 cm³/mol. The van der Waals surface area contributed by atoms with Crippen LogP contribution in [0.3, 0.4) is 0 Å². The highest BCUT2D eigenvalue weighted by Crippen LogP contribution is 2.41. The van der Waals surface area contributed by atoms with E-state index in [9.17, 15) is 43.6 Å². The van der Waals surface area contributed by atoms with Crippen molar-refractivity contribution in [3.8, 4) is 0 Å². The standard InChI is InChI=1S/C45H44N2O10S4/c1-32-6-22-40(23-7-32)58(50,51)46(59(52,53)41-24-8-33(2)9-25-41)38-18-14-36(15-19-38)45(5,31-30-44(48)49)37-16-20-39(21-17-37)47(60(54,55)42-26-10-34(3)11-27-42)61(56,57)43-28-12-35(4)13-29-43/h6-29H,30-31H2,1-5H3,(H,48,49). The Morgan fingerprint density at radius 3 is 0.869 bits per heavy atom. The van der Waals surface area contributed by atoms with Crippen LogP contribution in [0.1, 0.15) is 53.1 Å². The number of anilines is 2. The first kappa shape index (κ1) is 44.7. The van der Waals surface area contributed by atoms with Gasteiger partial charge in [0.1, 0.15) is 0 Å². The van der Waals surface area contributed by atoms with Crippen molar-refractivity contribution in [2.24, 2.45) is 0 Å². The molecule has 12 nitrogen and oxygen atoms in total. The zero-order valence-electron chi connectivity index (χ0n) is 33.9. The third kappa shape index (κ3) is 8.98. The first-order valence-electron chi connectivity index (χ1n) is 18.9. The van der Waals surface area contributed by atoms with Gasteiger partial charge in [-0.1, -0.05) is 102 Å². The lowest BCUT2D eigenvalue weighted by Crippen LogP contribution is -2.37. The topological polar surface area (TPSA) is 180 Å². The Bertz CT molecular complexity index is 2660. The molecule has 0 atom stereocenters. The van der Waals surface area contributed by atoms with Gasteiger partial charge in [-0.2, -0.15) is 7.42 Å². The van der Waals surface area contributed by atoms with E-state index < -0.39 is 51.5 Å². The molecule has 0 aromatic heterocycles. The van der Waals surface area contributed by atoms with Crippen molar-refractivity contribution in [1.82, 2.24) is 0 Å². The van der Waals surface area contributed by atoms with Gasteiger partial charge in [-0.25, -0.2) is 33.7 Å². The fourth-order valence-electron chi connectivity index (χ4n) is 6.75. The third-order valence-electron chi connectivity index (χ3n) is 10.4. The maximum atomic E-state index is 14.2. The molecule has 0 fully saturated rings. The maximum Gasteiger partial charge on any atom is 0.303 e. The Hall–Kier alpha value is -5.81. The Labute approximate surface area is 358 Å². The predicted octanol–water partition coefficient (Wildman–Crippen LogP) is 8.26. The molecule has 1 N–H and O–H groups in total. The van der Waals surface area contributed by atoms with Crippen LogP contribution in [0, 0.1) is 27.7 Å². The minimum absolute atomic E-state index is 0.0128. The van der Waals surface area contributed by atoms with Gasteiger partial charge in [-0.05, 0) is 118 Å². The molecule has 0 aliphatic heterocycles. The molecule has 6 aromatic carbocycles. The number of aryl methyl sites for hydroxylation is 4. The van der Waals surface area contributed by atoms with Gasteiger partial charge in [0.2, 0.25) is 0 Å². The molecule has 61 heavy (non-hydrogen) atoms. The van der Waals surface area contributed by atoms with Gasteiger partial charge in [0.05, 0.1) is 31.0 Å². The summed E-state index contributed by atoms with van der Waals surface area (Å²) in [5, 5.41) is 9.78. The molecule has 16 heteroatoms. The molecule has 0 aliphatic carbocycles. The molecule has 0 bridgehead atoms. The van der Waals surface area contributed by atoms with E-state index in [1.807, 2.05) is 0 Å². The van der Waals surface area contributed by atoms with Crippen molar-refractivity contribution in [2.75, 3.05) is 7.42 Å². The smallest absolute Gasteiger partial charge is 0.303 e. The number of rotatable bonds is 15. The summed E-state index contributed by atoms with van der Waals surface area (Å²) in [6.07, 6.45) is -0.341. The Morgan fingerprint density at radius 1 is 0.426 bits per heavy atom. The summed E-state index contributed by atoms with van der Waals surface area (Å²) in [7, 11) is -18.9. The second kappa shape index (κ2) is 16.9. The number of carbonyl (C=O) groups is 1. The molecule has 0 saturated heterocycles. The zero-order valence-corrected chi connectivity index (χ0v) is 37.2. The van der Waals surface area contributed by atoms with Gasteiger partial charge < -0.3 is 5.11 Å². The summed E-state index contributed by atoms with van der Waals surface area (Å²) in [6, 6.07) is 34.3. The molecule has 0 saturated carbocycles. The van der Waals surface area contributed by atoms with Crippen LogP contribution in [0.5, 0.6) is 0 Å². The second-order valence-corrected chi connectivity index (χ2v) is 22.6. The van der Waals surface area contributed by atoms with Crippen molar-refractivity contribution in [3.63, 3.8) is 0 Å². The van der Waals surface area contributed by atoms with Gasteiger partial charge in [0.15, 0.2) is 0 Å². The Morgan fingerprint density at radius 2 is 0.656 bits per heavy atom. The minimum atomic E-state index is -4.73. The van der Waals surface area contributed by atoms with E-state index in [-0.39, 0.29) is 43.8 Å². The summed E-state index contributed by atoms with van der Waals surface area (Å²) >= 11 is 0. The zero-order chi connectivity index (χ0) is 44.5. The number of benzene rings is 6. The Balaban J connectivity index is 1.46. The van der Waals surface area contributed by atoms with Crippen molar-refractivity contribution in [1.29, 1.82) is 0 Å².